The quantitative estimate of drug-likeness (QED) is 0.176. The highest BCUT2D eigenvalue weighted by Crippen LogP contribution is 2.40. The number of fused-ring (bicyclic) bond motifs is 9. The van der Waals surface area contributed by atoms with Crippen molar-refractivity contribution in [3.63, 3.8) is 0 Å². The SMILES string of the molecule is c1ccc(-c2ccc(-c3ccc(-c4nc(-c5cccc6oc7cc8ccccc8cc7c56)nc(-n5c6ccccc6c6ccc7ccccc7c65)n4)cc3)cc2)cc1. The highest BCUT2D eigenvalue weighted by molar-refractivity contribution is 6.19. The average Bonchev–Trinajstić information content (AvgIpc) is 3.84. The van der Waals surface area contributed by atoms with Crippen LogP contribution in [0.4, 0.5) is 0 Å². The Kier molecular flexibility index (Phi) is 7.16. The zero-order valence-corrected chi connectivity index (χ0v) is 31.2. The highest BCUT2D eigenvalue weighted by Gasteiger charge is 2.22. The molecule has 0 N–H and O–H groups in total. The zero-order valence-electron chi connectivity index (χ0n) is 31.2. The number of hydrogen-bond donors (Lipinski definition) is 0. The van der Waals surface area contributed by atoms with Crippen LogP contribution in [0.15, 0.2) is 199 Å². The fourth-order valence-corrected chi connectivity index (χ4v) is 8.65. The molecular formula is C53H32N4O. The molecule has 270 valence electrons. The predicted molar refractivity (Wildman–Crippen MR) is 238 cm³/mol. The van der Waals surface area contributed by atoms with Crippen LogP contribution in [0.5, 0.6) is 0 Å². The first-order valence-corrected chi connectivity index (χ1v) is 19.5. The molecule has 3 heterocycles. The molecule has 0 spiro atoms. The van der Waals surface area contributed by atoms with E-state index in [2.05, 4.69) is 180 Å². The summed E-state index contributed by atoms with van der Waals surface area (Å²) in [5, 5.41) is 8.87. The number of furan rings is 1. The Morgan fingerprint density at radius 3 is 1.72 bits per heavy atom. The van der Waals surface area contributed by atoms with Crippen molar-refractivity contribution in [3.8, 4) is 51.0 Å². The standard InChI is InChI=1S/C53H32N4O/c1-2-11-33(12-3-1)34-21-23-35(24-22-34)36-25-27-38(28-26-36)51-54-52(44-18-10-20-47-49(44)45-31-39-14-4-5-15-40(39)32-48(45)58-47)56-53(55-51)57-46-19-9-8-17-42(46)43-30-29-37-13-6-7-16-41(37)50(43)57/h1-32H. The molecular weight excluding hydrogens is 709 g/mol. The minimum absolute atomic E-state index is 0.554. The van der Waals surface area contributed by atoms with Crippen LogP contribution in [0.3, 0.4) is 0 Å². The van der Waals surface area contributed by atoms with Crippen molar-refractivity contribution in [2.45, 2.75) is 0 Å². The van der Waals surface area contributed by atoms with Crippen molar-refractivity contribution < 1.29 is 4.42 Å². The molecule has 0 aliphatic carbocycles. The van der Waals surface area contributed by atoms with Crippen LogP contribution >= 0.6 is 0 Å². The average molecular weight is 741 g/mol. The van der Waals surface area contributed by atoms with E-state index in [-0.39, 0.29) is 0 Å². The minimum atomic E-state index is 0.554. The molecule has 9 aromatic carbocycles. The van der Waals surface area contributed by atoms with Crippen LogP contribution in [0.1, 0.15) is 0 Å². The lowest BCUT2D eigenvalue weighted by molar-refractivity contribution is 0.669. The third-order valence-corrected chi connectivity index (χ3v) is 11.5. The molecule has 0 saturated heterocycles. The third-order valence-electron chi connectivity index (χ3n) is 11.5. The summed E-state index contributed by atoms with van der Waals surface area (Å²) in [5.41, 5.74) is 10.2. The Hall–Kier alpha value is -7.89. The Morgan fingerprint density at radius 2 is 0.966 bits per heavy atom. The van der Waals surface area contributed by atoms with E-state index in [1.54, 1.807) is 0 Å². The summed E-state index contributed by atoms with van der Waals surface area (Å²) in [4.78, 5) is 16.0. The van der Waals surface area contributed by atoms with Gasteiger partial charge in [0.05, 0.1) is 11.0 Å². The van der Waals surface area contributed by atoms with Crippen LogP contribution in [0.2, 0.25) is 0 Å². The van der Waals surface area contributed by atoms with Crippen LogP contribution in [0.25, 0.3) is 116 Å². The first kappa shape index (κ1) is 32.4. The summed E-state index contributed by atoms with van der Waals surface area (Å²) >= 11 is 0. The van der Waals surface area contributed by atoms with Gasteiger partial charge in [0.1, 0.15) is 11.2 Å². The van der Waals surface area contributed by atoms with Gasteiger partial charge in [-0.25, -0.2) is 4.98 Å². The molecule has 0 aliphatic rings. The van der Waals surface area contributed by atoms with Gasteiger partial charge < -0.3 is 4.42 Å². The number of nitrogens with zero attached hydrogens (tertiary/aromatic N) is 4. The van der Waals surface area contributed by atoms with Gasteiger partial charge in [0.25, 0.3) is 0 Å². The maximum Gasteiger partial charge on any atom is 0.238 e. The first-order chi connectivity index (χ1) is 28.7. The molecule has 0 unspecified atom stereocenters. The molecule has 0 atom stereocenters. The fourth-order valence-electron chi connectivity index (χ4n) is 8.65. The van der Waals surface area contributed by atoms with E-state index < -0.39 is 0 Å². The van der Waals surface area contributed by atoms with Crippen molar-refractivity contribution in [3.05, 3.63) is 194 Å². The number of rotatable bonds is 5. The van der Waals surface area contributed by atoms with Gasteiger partial charge in [0, 0.05) is 38.1 Å². The van der Waals surface area contributed by atoms with E-state index >= 15 is 0 Å². The monoisotopic (exact) mass is 740 g/mol. The normalized spacial score (nSPS) is 11.8. The Morgan fingerprint density at radius 1 is 0.362 bits per heavy atom. The van der Waals surface area contributed by atoms with Crippen molar-refractivity contribution in [1.82, 2.24) is 19.5 Å². The van der Waals surface area contributed by atoms with E-state index in [0.29, 0.717) is 17.6 Å². The smallest absolute Gasteiger partial charge is 0.238 e. The topological polar surface area (TPSA) is 56.7 Å². The second kappa shape index (κ2) is 12.8. The van der Waals surface area contributed by atoms with Crippen molar-refractivity contribution in [1.29, 1.82) is 0 Å². The van der Waals surface area contributed by atoms with Crippen LogP contribution in [0, 0.1) is 0 Å². The van der Waals surface area contributed by atoms with Crippen LogP contribution in [-0.4, -0.2) is 19.5 Å². The van der Waals surface area contributed by atoms with Crippen LogP contribution in [-0.2, 0) is 0 Å². The molecule has 0 amide bonds. The maximum atomic E-state index is 6.51. The molecule has 5 heteroatoms. The summed E-state index contributed by atoms with van der Waals surface area (Å²) in [6.45, 7) is 0. The number of aromatic nitrogens is 4. The molecule has 5 nitrogen and oxygen atoms in total. The molecule has 12 aromatic rings. The number of benzene rings is 9. The van der Waals surface area contributed by atoms with Gasteiger partial charge in [0.2, 0.25) is 5.95 Å². The highest BCUT2D eigenvalue weighted by atomic mass is 16.3. The van der Waals surface area contributed by atoms with Gasteiger partial charge in [0.15, 0.2) is 11.6 Å². The Bertz CT molecular complexity index is 3550. The van der Waals surface area contributed by atoms with Crippen molar-refractivity contribution in [2.75, 3.05) is 0 Å². The van der Waals surface area contributed by atoms with Gasteiger partial charge in [-0.1, -0.05) is 170 Å². The summed E-state index contributed by atoms with van der Waals surface area (Å²) in [6.07, 6.45) is 0. The van der Waals surface area contributed by atoms with Crippen molar-refractivity contribution >= 4 is 65.3 Å². The van der Waals surface area contributed by atoms with E-state index in [1.807, 2.05) is 18.2 Å². The van der Waals surface area contributed by atoms with E-state index in [9.17, 15) is 0 Å². The lowest BCUT2D eigenvalue weighted by Gasteiger charge is -2.13. The van der Waals surface area contributed by atoms with Gasteiger partial charge in [-0.2, -0.15) is 9.97 Å². The van der Waals surface area contributed by atoms with Crippen LogP contribution < -0.4 is 0 Å². The third kappa shape index (κ3) is 5.14. The molecule has 12 rings (SSSR count). The lowest BCUT2D eigenvalue weighted by Crippen LogP contribution is -2.06. The number of hydrogen-bond acceptors (Lipinski definition) is 4. The van der Waals surface area contributed by atoms with E-state index in [1.165, 1.54) is 11.1 Å². The maximum absolute atomic E-state index is 6.51. The molecule has 0 aliphatic heterocycles. The molecule has 0 fully saturated rings. The molecule has 3 aromatic heterocycles. The summed E-state index contributed by atoms with van der Waals surface area (Å²) < 4.78 is 8.73. The van der Waals surface area contributed by atoms with Gasteiger partial charge in [-0.3, -0.25) is 4.57 Å². The van der Waals surface area contributed by atoms with Gasteiger partial charge >= 0.3 is 0 Å². The summed E-state index contributed by atoms with van der Waals surface area (Å²) in [5.74, 6) is 1.72. The molecule has 58 heavy (non-hydrogen) atoms. The second-order valence-electron chi connectivity index (χ2n) is 14.8. The van der Waals surface area contributed by atoms with Crippen molar-refractivity contribution in [2.24, 2.45) is 0 Å². The summed E-state index contributed by atoms with van der Waals surface area (Å²) in [6, 6.07) is 68.1. The molecule has 0 saturated carbocycles. The van der Waals surface area contributed by atoms with E-state index in [4.69, 9.17) is 19.4 Å². The fraction of sp³-hybridized carbons (Fsp3) is 0. The second-order valence-corrected chi connectivity index (χ2v) is 14.8. The van der Waals surface area contributed by atoms with Gasteiger partial charge in [-0.15, -0.1) is 0 Å². The van der Waals surface area contributed by atoms with E-state index in [0.717, 1.165) is 87.5 Å². The predicted octanol–water partition coefficient (Wildman–Crippen LogP) is 13.8. The lowest BCUT2D eigenvalue weighted by atomic mass is 9.99. The molecule has 0 radical (unpaired) electrons. The zero-order chi connectivity index (χ0) is 38.2. The largest absolute Gasteiger partial charge is 0.456 e. The minimum Gasteiger partial charge on any atom is -0.456 e. The number of para-hydroxylation sites is 1. The molecule has 0 bridgehead atoms. The summed E-state index contributed by atoms with van der Waals surface area (Å²) in [7, 11) is 0. The Labute approximate surface area is 333 Å². The van der Waals surface area contributed by atoms with Gasteiger partial charge in [-0.05, 0) is 62.7 Å². The Balaban J connectivity index is 1.08. The first-order valence-electron chi connectivity index (χ1n) is 19.5.